The van der Waals surface area contributed by atoms with E-state index in [1.165, 1.54) is 0 Å². The van der Waals surface area contributed by atoms with E-state index in [-0.39, 0.29) is 12.3 Å². The summed E-state index contributed by atoms with van der Waals surface area (Å²) in [6, 6.07) is 19.2. The van der Waals surface area contributed by atoms with Crippen LogP contribution in [0.3, 0.4) is 0 Å². The van der Waals surface area contributed by atoms with E-state index in [4.69, 9.17) is 4.74 Å². The van der Waals surface area contributed by atoms with Gasteiger partial charge in [-0.25, -0.2) is 14.1 Å². The Morgan fingerprint density at radius 3 is 2.28 bits per heavy atom. The topological polar surface area (TPSA) is 58.2 Å². The molecule has 0 aliphatic carbocycles. The van der Waals surface area contributed by atoms with Crippen molar-refractivity contribution >= 4 is 5.97 Å². The van der Waals surface area contributed by atoms with Crippen molar-refractivity contribution in [2.24, 2.45) is 0 Å². The smallest absolute Gasteiger partial charge is 0.383 e. The summed E-state index contributed by atoms with van der Waals surface area (Å²) in [4.78, 5) is 12.3. The Bertz CT molecular complexity index is 871. The van der Waals surface area contributed by atoms with Crippen LogP contribution in [-0.4, -0.2) is 17.1 Å². The largest absolute Gasteiger partial charge is 0.710 e. The highest BCUT2D eigenvalue weighted by Crippen LogP contribution is 2.22. The van der Waals surface area contributed by atoms with E-state index in [9.17, 15) is 10.0 Å². The highest BCUT2D eigenvalue weighted by molar-refractivity contribution is 5.87. The minimum absolute atomic E-state index is 0.0386. The Kier molecular flexibility index (Phi) is 4.84. The van der Waals surface area contributed by atoms with Crippen LogP contribution in [-0.2, 0) is 11.3 Å². The van der Waals surface area contributed by atoms with Gasteiger partial charge < -0.3 is 9.94 Å². The van der Waals surface area contributed by atoms with Gasteiger partial charge >= 0.3 is 5.97 Å². The van der Waals surface area contributed by atoms with Gasteiger partial charge in [0, 0.05) is 6.92 Å². The summed E-state index contributed by atoms with van der Waals surface area (Å²) in [6.07, 6.45) is 0. The molecule has 0 fully saturated rings. The molecule has 0 spiro atoms. The summed E-state index contributed by atoms with van der Waals surface area (Å²) in [7, 11) is 0. The number of ether oxygens (including phenoxy) is 1. The molecular formula is C20H20N2O3. The predicted molar refractivity (Wildman–Crippen MR) is 95.1 cm³/mol. The second-order valence-corrected chi connectivity index (χ2v) is 5.71. The van der Waals surface area contributed by atoms with Crippen LogP contribution < -0.4 is 4.73 Å². The summed E-state index contributed by atoms with van der Waals surface area (Å²) in [5.41, 5.74) is 2.44. The average molecular weight is 336 g/mol. The van der Waals surface area contributed by atoms with E-state index < -0.39 is 5.97 Å². The molecule has 0 bridgehead atoms. The van der Waals surface area contributed by atoms with E-state index in [2.05, 4.69) is 0 Å². The molecule has 5 nitrogen and oxygen atoms in total. The lowest BCUT2D eigenvalue weighted by molar-refractivity contribution is -0.596. The van der Waals surface area contributed by atoms with Gasteiger partial charge in [0.15, 0.2) is 5.69 Å². The zero-order valence-corrected chi connectivity index (χ0v) is 14.3. The Balaban J connectivity index is 2.17. The van der Waals surface area contributed by atoms with Crippen LogP contribution in [0.15, 0.2) is 60.7 Å². The first-order valence-electron chi connectivity index (χ1n) is 8.22. The molecule has 0 unspecified atom stereocenters. The van der Waals surface area contributed by atoms with Crippen LogP contribution in [0.1, 0.15) is 28.7 Å². The number of nitrogens with zero attached hydrogens (tertiary/aromatic N) is 2. The Morgan fingerprint density at radius 1 is 1.08 bits per heavy atom. The number of hydrogen-bond donors (Lipinski definition) is 0. The van der Waals surface area contributed by atoms with Crippen LogP contribution in [0, 0.1) is 12.1 Å². The van der Waals surface area contributed by atoms with Crippen LogP contribution in [0.5, 0.6) is 0 Å². The average Bonchev–Trinajstić information content (AvgIpc) is 2.87. The summed E-state index contributed by atoms with van der Waals surface area (Å²) in [5, 5.41) is 12.9. The van der Waals surface area contributed by atoms with E-state index >= 15 is 0 Å². The Labute approximate surface area is 146 Å². The number of hydrogen-bond acceptors (Lipinski definition) is 3. The maximum atomic E-state index is 12.9. The van der Waals surface area contributed by atoms with Gasteiger partial charge in [-0.1, -0.05) is 48.5 Å². The van der Waals surface area contributed by atoms with E-state index in [1.54, 1.807) is 13.8 Å². The molecule has 128 valence electrons. The van der Waals surface area contributed by atoms with Crippen LogP contribution in [0.4, 0.5) is 0 Å². The number of rotatable bonds is 5. The molecule has 1 aromatic heterocycles. The summed E-state index contributed by atoms with van der Waals surface area (Å²) in [5.74, 6) is -0.163. The van der Waals surface area contributed by atoms with Crippen molar-refractivity contribution in [3.8, 4) is 11.4 Å². The molecule has 3 rings (SSSR count). The first-order valence-corrected chi connectivity index (χ1v) is 8.22. The van der Waals surface area contributed by atoms with E-state index in [0.717, 1.165) is 11.1 Å². The molecule has 5 heteroatoms. The van der Waals surface area contributed by atoms with Gasteiger partial charge in [-0.05, 0) is 24.6 Å². The van der Waals surface area contributed by atoms with E-state index in [0.29, 0.717) is 22.8 Å². The third-order valence-electron chi connectivity index (χ3n) is 4.08. The van der Waals surface area contributed by atoms with Crippen molar-refractivity contribution in [1.82, 2.24) is 4.57 Å². The summed E-state index contributed by atoms with van der Waals surface area (Å²) >= 11 is 0. The molecule has 0 saturated carbocycles. The second-order valence-electron chi connectivity index (χ2n) is 5.71. The maximum absolute atomic E-state index is 12.9. The van der Waals surface area contributed by atoms with Crippen molar-refractivity contribution in [2.75, 3.05) is 6.61 Å². The lowest BCUT2D eigenvalue weighted by Crippen LogP contribution is -2.35. The molecule has 25 heavy (non-hydrogen) atoms. The fourth-order valence-electron chi connectivity index (χ4n) is 2.90. The minimum Gasteiger partial charge on any atom is -0.710 e. The first kappa shape index (κ1) is 16.8. The van der Waals surface area contributed by atoms with Gasteiger partial charge in [0.25, 0.3) is 11.5 Å². The zero-order valence-electron chi connectivity index (χ0n) is 14.3. The van der Waals surface area contributed by atoms with Gasteiger partial charge in [0.2, 0.25) is 0 Å². The SMILES string of the molecule is CCOC(=O)c1c(C)n(Cc2ccccc2)c(-c2ccccc2)[n+]1[O-]. The summed E-state index contributed by atoms with van der Waals surface area (Å²) < 4.78 is 7.62. The Morgan fingerprint density at radius 2 is 1.68 bits per heavy atom. The normalized spacial score (nSPS) is 10.6. The predicted octanol–water partition coefficient (Wildman–Crippen LogP) is 3.32. The Hall–Kier alpha value is -3.08. The lowest BCUT2D eigenvalue weighted by Gasteiger charge is -2.08. The number of esters is 1. The zero-order chi connectivity index (χ0) is 17.8. The fourth-order valence-corrected chi connectivity index (χ4v) is 2.90. The third kappa shape index (κ3) is 3.26. The van der Waals surface area contributed by atoms with Crippen molar-refractivity contribution in [3.63, 3.8) is 0 Å². The summed E-state index contributed by atoms with van der Waals surface area (Å²) in [6.45, 7) is 4.22. The number of carbonyl (C=O) groups is 1. The number of aromatic nitrogens is 2. The van der Waals surface area contributed by atoms with Crippen molar-refractivity contribution in [2.45, 2.75) is 20.4 Å². The molecule has 0 N–H and O–H groups in total. The van der Waals surface area contributed by atoms with Gasteiger partial charge in [0.05, 0.1) is 12.2 Å². The minimum atomic E-state index is -0.598. The molecule has 0 radical (unpaired) electrons. The van der Waals surface area contributed by atoms with Gasteiger partial charge in [-0.2, -0.15) is 0 Å². The monoisotopic (exact) mass is 336 g/mol. The molecule has 0 atom stereocenters. The molecule has 0 aliphatic heterocycles. The molecule has 1 heterocycles. The lowest BCUT2D eigenvalue weighted by atomic mass is 10.2. The van der Waals surface area contributed by atoms with E-state index in [1.807, 2.05) is 65.2 Å². The van der Waals surface area contributed by atoms with Crippen molar-refractivity contribution in [3.05, 3.63) is 82.8 Å². The molecule has 0 amide bonds. The standard InChI is InChI=1S/C20H20N2O3/c1-3-25-20(23)18-15(2)21(14-16-10-6-4-7-11-16)19(22(18)24)17-12-8-5-9-13-17/h4-13H,3,14H2,1-2H3. The van der Waals surface area contributed by atoms with Gasteiger partial charge in [-0.3, -0.25) is 0 Å². The van der Waals surface area contributed by atoms with Crippen molar-refractivity contribution < 1.29 is 14.3 Å². The maximum Gasteiger partial charge on any atom is 0.383 e. The van der Waals surface area contributed by atoms with Crippen LogP contribution in [0.25, 0.3) is 11.4 Å². The molecule has 0 saturated heterocycles. The molecule has 0 aliphatic rings. The third-order valence-corrected chi connectivity index (χ3v) is 4.08. The first-order chi connectivity index (χ1) is 12.1. The van der Waals surface area contributed by atoms with Gasteiger partial charge in [-0.15, -0.1) is 0 Å². The number of benzene rings is 2. The number of imidazole rings is 1. The van der Waals surface area contributed by atoms with Crippen LogP contribution >= 0.6 is 0 Å². The molecular weight excluding hydrogens is 316 g/mol. The number of carbonyl (C=O) groups excluding carboxylic acids is 1. The van der Waals surface area contributed by atoms with Crippen molar-refractivity contribution in [1.29, 1.82) is 0 Å². The highest BCUT2D eigenvalue weighted by Gasteiger charge is 2.31. The van der Waals surface area contributed by atoms with Gasteiger partial charge in [0.1, 0.15) is 6.54 Å². The molecule has 3 aromatic rings. The highest BCUT2D eigenvalue weighted by atomic mass is 16.5. The fraction of sp³-hybridized carbons (Fsp3) is 0.200. The quantitative estimate of drug-likeness (QED) is 0.408. The second kappa shape index (κ2) is 7.21. The van der Waals surface area contributed by atoms with Crippen LogP contribution in [0.2, 0.25) is 0 Å². The molecule has 2 aromatic carbocycles.